The number of nitrogens with zero attached hydrogens (tertiary/aromatic N) is 1. The summed E-state index contributed by atoms with van der Waals surface area (Å²) in [6.45, 7) is 0.830. The maximum atomic E-state index is 12.3. The van der Waals surface area contributed by atoms with Crippen molar-refractivity contribution in [3.8, 4) is 11.5 Å². The number of hydrogen-bond donors (Lipinski definition) is 3. The molecule has 1 fully saturated rings. The van der Waals surface area contributed by atoms with Crippen LogP contribution >= 0.6 is 0 Å². The van der Waals surface area contributed by atoms with Gasteiger partial charge >= 0.3 is 0 Å². The average Bonchev–Trinajstić information content (AvgIpc) is 2.49. The predicted octanol–water partition coefficient (Wildman–Crippen LogP) is 0.881. The third-order valence-corrected chi connectivity index (χ3v) is 3.81. The summed E-state index contributed by atoms with van der Waals surface area (Å²) in [5.41, 5.74) is 0.325. The highest BCUT2D eigenvalue weighted by molar-refractivity contribution is 5.98. The van der Waals surface area contributed by atoms with E-state index < -0.39 is 0 Å². The van der Waals surface area contributed by atoms with Crippen molar-refractivity contribution in [2.45, 2.75) is 25.3 Å². The zero-order chi connectivity index (χ0) is 15.4. The van der Waals surface area contributed by atoms with Crippen LogP contribution in [-0.4, -0.2) is 53.0 Å². The standard InChI is InChI=1S/C15H20N2O4/c1-16-15(21)11-4-2-3-7-17(11)9-14(20)10-5-6-12(18)13(19)8-10/h5-6,8,11,18-19H,2-4,7,9H2,1H3,(H,16,21). The maximum absolute atomic E-state index is 12.3. The third kappa shape index (κ3) is 3.52. The van der Waals surface area contributed by atoms with Gasteiger partial charge in [0, 0.05) is 12.6 Å². The van der Waals surface area contributed by atoms with Crippen LogP contribution in [0.3, 0.4) is 0 Å². The average molecular weight is 292 g/mol. The fourth-order valence-electron chi connectivity index (χ4n) is 2.62. The first-order valence-electron chi connectivity index (χ1n) is 7.03. The molecule has 0 bridgehead atoms. The Bertz CT molecular complexity index is 544. The summed E-state index contributed by atoms with van der Waals surface area (Å²) in [6, 6.07) is 3.72. The van der Waals surface area contributed by atoms with E-state index in [0.717, 1.165) is 19.3 Å². The summed E-state index contributed by atoms with van der Waals surface area (Å²) < 4.78 is 0. The molecule has 1 aromatic rings. The van der Waals surface area contributed by atoms with E-state index in [1.54, 1.807) is 7.05 Å². The number of piperidine rings is 1. The van der Waals surface area contributed by atoms with Gasteiger partial charge in [0.15, 0.2) is 17.3 Å². The van der Waals surface area contributed by atoms with Crippen LogP contribution in [0.2, 0.25) is 0 Å². The Balaban J connectivity index is 2.09. The number of aromatic hydroxyl groups is 2. The highest BCUT2D eigenvalue weighted by Gasteiger charge is 2.29. The molecule has 1 unspecified atom stereocenters. The van der Waals surface area contributed by atoms with Crippen LogP contribution in [-0.2, 0) is 4.79 Å². The molecule has 0 spiro atoms. The van der Waals surface area contributed by atoms with Crippen LogP contribution < -0.4 is 5.32 Å². The van der Waals surface area contributed by atoms with Gasteiger partial charge in [-0.2, -0.15) is 0 Å². The molecule has 114 valence electrons. The zero-order valence-corrected chi connectivity index (χ0v) is 12.0. The number of likely N-dealkylation sites (tertiary alicyclic amines) is 1. The Morgan fingerprint density at radius 2 is 2.05 bits per heavy atom. The van der Waals surface area contributed by atoms with E-state index in [0.29, 0.717) is 12.1 Å². The molecule has 0 aliphatic carbocycles. The Labute approximate surface area is 123 Å². The van der Waals surface area contributed by atoms with Gasteiger partial charge in [0.2, 0.25) is 5.91 Å². The lowest BCUT2D eigenvalue weighted by molar-refractivity contribution is -0.126. The molecule has 0 saturated carbocycles. The summed E-state index contributed by atoms with van der Waals surface area (Å²) in [5.74, 6) is -0.827. The minimum Gasteiger partial charge on any atom is -0.504 e. The molecule has 1 amide bonds. The lowest BCUT2D eigenvalue weighted by Gasteiger charge is -2.33. The summed E-state index contributed by atoms with van der Waals surface area (Å²) in [5, 5.41) is 21.4. The smallest absolute Gasteiger partial charge is 0.237 e. The number of phenolic OH excluding ortho intramolecular Hbond substituents is 2. The first-order valence-corrected chi connectivity index (χ1v) is 7.03. The molecule has 1 aromatic carbocycles. The second-order valence-corrected chi connectivity index (χ2v) is 5.22. The Hall–Kier alpha value is -2.08. The number of benzene rings is 1. The number of nitrogens with one attached hydrogen (secondary N) is 1. The van der Waals surface area contributed by atoms with Gasteiger partial charge in [0.05, 0.1) is 12.6 Å². The molecule has 2 rings (SSSR count). The van der Waals surface area contributed by atoms with Crippen molar-refractivity contribution in [1.29, 1.82) is 0 Å². The molecule has 1 heterocycles. The van der Waals surface area contributed by atoms with E-state index in [4.69, 9.17) is 0 Å². The summed E-state index contributed by atoms with van der Waals surface area (Å²) in [7, 11) is 1.59. The third-order valence-electron chi connectivity index (χ3n) is 3.81. The molecule has 0 aromatic heterocycles. The van der Waals surface area contributed by atoms with E-state index in [9.17, 15) is 19.8 Å². The van der Waals surface area contributed by atoms with Crippen molar-refractivity contribution in [3.63, 3.8) is 0 Å². The van der Waals surface area contributed by atoms with E-state index in [1.807, 2.05) is 4.90 Å². The molecule has 3 N–H and O–H groups in total. The minimum atomic E-state index is -0.317. The number of Topliss-reactive ketones (excluding diaryl/α,β-unsaturated/α-hetero) is 1. The monoisotopic (exact) mass is 292 g/mol. The minimum absolute atomic E-state index is 0.0731. The van der Waals surface area contributed by atoms with E-state index in [2.05, 4.69) is 5.32 Å². The number of rotatable bonds is 4. The molecule has 1 aliphatic rings. The SMILES string of the molecule is CNC(=O)C1CCCCN1CC(=O)c1ccc(O)c(O)c1. The molecule has 1 aliphatic heterocycles. The lowest BCUT2D eigenvalue weighted by Crippen LogP contribution is -2.50. The predicted molar refractivity (Wildman–Crippen MR) is 77.4 cm³/mol. The fourth-order valence-corrected chi connectivity index (χ4v) is 2.62. The van der Waals surface area contributed by atoms with Crippen LogP contribution in [0.15, 0.2) is 18.2 Å². The first-order chi connectivity index (χ1) is 10.0. The summed E-state index contributed by atoms with van der Waals surface area (Å²) in [6.07, 6.45) is 2.68. The van der Waals surface area contributed by atoms with Gasteiger partial charge in [-0.15, -0.1) is 0 Å². The number of amides is 1. The van der Waals surface area contributed by atoms with E-state index >= 15 is 0 Å². The highest BCUT2D eigenvalue weighted by Crippen LogP contribution is 2.25. The van der Waals surface area contributed by atoms with E-state index in [1.165, 1.54) is 18.2 Å². The maximum Gasteiger partial charge on any atom is 0.237 e. The van der Waals surface area contributed by atoms with Gasteiger partial charge in [0.1, 0.15) is 0 Å². The molecule has 6 nitrogen and oxygen atoms in total. The Kier molecular flexibility index (Phi) is 4.80. The van der Waals surface area contributed by atoms with Crippen LogP contribution in [0.4, 0.5) is 0 Å². The number of likely N-dealkylation sites (N-methyl/N-ethyl adjacent to an activating group) is 1. The molecular weight excluding hydrogens is 272 g/mol. The largest absolute Gasteiger partial charge is 0.504 e. The van der Waals surface area contributed by atoms with Crippen molar-refractivity contribution in [1.82, 2.24) is 10.2 Å². The Morgan fingerprint density at radius 3 is 2.71 bits per heavy atom. The molecule has 1 atom stereocenters. The van der Waals surface area contributed by atoms with Crippen LogP contribution in [0, 0.1) is 0 Å². The van der Waals surface area contributed by atoms with Crippen LogP contribution in [0.25, 0.3) is 0 Å². The van der Waals surface area contributed by atoms with Gasteiger partial charge in [-0.1, -0.05) is 6.42 Å². The van der Waals surface area contributed by atoms with Gasteiger partial charge in [-0.25, -0.2) is 0 Å². The van der Waals surface area contributed by atoms with Crippen molar-refractivity contribution in [3.05, 3.63) is 23.8 Å². The Morgan fingerprint density at radius 1 is 1.29 bits per heavy atom. The number of phenols is 2. The summed E-state index contributed by atoms with van der Waals surface area (Å²) in [4.78, 5) is 26.0. The summed E-state index contributed by atoms with van der Waals surface area (Å²) >= 11 is 0. The second-order valence-electron chi connectivity index (χ2n) is 5.22. The number of carbonyl (C=O) groups excluding carboxylic acids is 2. The van der Waals surface area contributed by atoms with Gasteiger partial charge in [-0.05, 0) is 37.6 Å². The normalized spacial score (nSPS) is 19.2. The number of hydrogen-bond acceptors (Lipinski definition) is 5. The van der Waals surface area contributed by atoms with Crippen molar-refractivity contribution in [2.75, 3.05) is 20.1 Å². The molecule has 6 heteroatoms. The van der Waals surface area contributed by atoms with Crippen molar-refractivity contribution >= 4 is 11.7 Å². The quantitative estimate of drug-likeness (QED) is 0.566. The highest BCUT2D eigenvalue weighted by atomic mass is 16.3. The fraction of sp³-hybridized carbons (Fsp3) is 0.467. The number of ketones is 1. The molecule has 0 radical (unpaired) electrons. The van der Waals surface area contributed by atoms with E-state index in [-0.39, 0.29) is 35.8 Å². The lowest BCUT2D eigenvalue weighted by atomic mass is 10.00. The molecule has 21 heavy (non-hydrogen) atoms. The van der Waals surface area contributed by atoms with Gasteiger partial charge < -0.3 is 15.5 Å². The second kappa shape index (κ2) is 6.58. The molecular formula is C15H20N2O4. The topological polar surface area (TPSA) is 89.9 Å². The molecule has 1 saturated heterocycles. The van der Waals surface area contributed by atoms with Gasteiger partial charge in [0.25, 0.3) is 0 Å². The van der Waals surface area contributed by atoms with Crippen LogP contribution in [0.5, 0.6) is 11.5 Å². The number of carbonyl (C=O) groups is 2. The van der Waals surface area contributed by atoms with Crippen molar-refractivity contribution < 1.29 is 19.8 Å². The van der Waals surface area contributed by atoms with Crippen molar-refractivity contribution in [2.24, 2.45) is 0 Å². The van der Waals surface area contributed by atoms with Crippen LogP contribution in [0.1, 0.15) is 29.6 Å². The zero-order valence-electron chi connectivity index (χ0n) is 12.0. The first kappa shape index (κ1) is 15.3. The van der Waals surface area contributed by atoms with Gasteiger partial charge in [-0.3, -0.25) is 14.5 Å².